The lowest BCUT2D eigenvalue weighted by Crippen LogP contribution is -2.25. The van der Waals surface area contributed by atoms with Crippen LogP contribution < -0.4 is 5.32 Å². The zero-order chi connectivity index (χ0) is 11.6. The van der Waals surface area contributed by atoms with Crippen molar-refractivity contribution in [2.24, 2.45) is 0 Å². The summed E-state index contributed by atoms with van der Waals surface area (Å²) >= 11 is 1.90. The minimum atomic E-state index is -1.02. The van der Waals surface area contributed by atoms with Crippen LogP contribution in [0.2, 0.25) is 0 Å². The first-order valence-electron chi connectivity index (χ1n) is 5.23. The highest BCUT2D eigenvalue weighted by Crippen LogP contribution is 2.46. The largest absolute Gasteiger partial charge is 0.475 e. The van der Waals surface area contributed by atoms with Crippen LogP contribution in [0.25, 0.3) is 0 Å². The maximum Gasteiger partial charge on any atom is 0.371 e. The molecule has 0 aliphatic heterocycles. The summed E-state index contributed by atoms with van der Waals surface area (Å²) in [6.07, 6.45) is 4.66. The van der Waals surface area contributed by atoms with Crippen LogP contribution in [0, 0.1) is 0 Å². The lowest BCUT2D eigenvalue weighted by Gasteiger charge is -2.11. The van der Waals surface area contributed by atoms with Crippen molar-refractivity contribution >= 4 is 17.7 Å². The first-order chi connectivity index (χ1) is 7.65. The van der Waals surface area contributed by atoms with Crippen LogP contribution in [0.4, 0.5) is 0 Å². The molecule has 0 aromatic carbocycles. The Bertz CT molecular complexity index is 384. The van der Waals surface area contributed by atoms with E-state index in [1.54, 1.807) is 6.07 Å². The zero-order valence-corrected chi connectivity index (χ0v) is 9.97. The van der Waals surface area contributed by atoms with E-state index in [0.717, 1.165) is 6.54 Å². The van der Waals surface area contributed by atoms with Crippen molar-refractivity contribution in [3.63, 3.8) is 0 Å². The standard InChI is InChI=1S/C11H15NO3S/c1-16-11(4-5-11)7-12-6-8-2-3-9(15-8)10(13)14/h2-3,12H,4-7H2,1H3,(H,13,14). The van der Waals surface area contributed by atoms with E-state index in [0.29, 0.717) is 17.1 Å². The summed E-state index contributed by atoms with van der Waals surface area (Å²) in [5.41, 5.74) is 0. The number of thioether (sulfide) groups is 1. The molecule has 1 saturated carbocycles. The minimum Gasteiger partial charge on any atom is -0.475 e. The summed E-state index contributed by atoms with van der Waals surface area (Å²) in [7, 11) is 0. The molecule has 5 heteroatoms. The van der Waals surface area contributed by atoms with Crippen LogP contribution in [0.3, 0.4) is 0 Å². The van der Waals surface area contributed by atoms with Crippen molar-refractivity contribution in [1.29, 1.82) is 0 Å². The number of furan rings is 1. The van der Waals surface area contributed by atoms with Gasteiger partial charge in [-0.25, -0.2) is 4.79 Å². The van der Waals surface area contributed by atoms with Crippen LogP contribution in [-0.4, -0.2) is 28.6 Å². The van der Waals surface area contributed by atoms with Gasteiger partial charge in [0.25, 0.3) is 0 Å². The molecule has 1 aliphatic rings. The number of carbonyl (C=O) groups is 1. The molecule has 1 fully saturated rings. The second-order valence-corrected chi connectivity index (χ2v) is 5.34. The molecule has 4 nitrogen and oxygen atoms in total. The van der Waals surface area contributed by atoms with Crippen LogP contribution >= 0.6 is 11.8 Å². The molecule has 1 aromatic rings. The molecule has 16 heavy (non-hydrogen) atoms. The summed E-state index contributed by atoms with van der Waals surface area (Å²) in [6.45, 7) is 1.55. The fourth-order valence-corrected chi connectivity index (χ4v) is 2.35. The number of aromatic carboxylic acids is 1. The van der Waals surface area contributed by atoms with Crippen molar-refractivity contribution in [2.45, 2.75) is 24.1 Å². The van der Waals surface area contributed by atoms with Gasteiger partial charge in [-0.1, -0.05) is 0 Å². The molecule has 0 saturated heterocycles. The summed E-state index contributed by atoms with van der Waals surface area (Å²) in [6, 6.07) is 3.19. The molecule has 0 amide bonds. The average molecular weight is 241 g/mol. The van der Waals surface area contributed by atoms with E-state index in [-0.39, 0.29) is 5.76 Å². The van der Waals surface area contributed by atoms with Crippen molar-refractivity contribution in [2.75, 3.05) is 12.8 Å². The van der Waals surface area contributed by atoms with Crippen molar-refractivity contribution in [3.8, 4) is 0 Å². The highest BCUT2D eigenvalue weighted by atomic mass is 32.2. The Balaban J connectivity index is 1.79. The zero-order valence-electron chi connectivity index (χ0n) is 9.16. The molecule has 0 bridgehead atoms. The average Bonchev–Trinajstić information content (AvgIpc) is 2.88. The van der Waals surface area contributed by atoms with Crippen molar-refractivity contribution in [3.05, 3.63) is 23.7 Å². The molecule has 2 rings (SSSR count). The van der Waals surface area contributed by atoms with Gasteiger partial charge in [-0.15, -0.1) is 0 Å². The quantitative estimate of drug-likeness (QED) is 0.797. The van der Waals surface area contributed by atoms with Gasteiger partial charge in [0.15, 0.2) is 0 Å². The van der Waals surface area contributed by atoms with E-state index in [1.165, 1.54) is 18.9 Å². The van der Waals surface area contributed by atoms with E-state index in [9.17, 15) is 4.79 Å². The Labute approximate surface area is 98.4 Å². The number of hydrogen-bond acceptors (Lipinski definition) is 4. The molecular formula is C11H15NO3S. The van der Waals surface area contributed by atoms with Gasteiger partial charge in [0.05, 0.1) is 6.54 Å². The van der Waals surface area contributed by atoms with Crippen LogP contribution in [-0.2, 0) is 6.54 Å². The fraction of sp³-hybridized carbons (Fsp3) is 0.545. The minimum absolute atomic E-state index is 0.00259. The van der Waals surface area contributed by atoms with Gasteiger partial charge in [-0.2, -0.15) is 11.8 Å². The molecular weight excluding hydrogens is 226 g/mol. The van der Waals surface area contributed by atoms with Crippen LogP contribution in [0.5, 0.6) is 0 Å². The second kappa shape index (κ2) is 4.51. The predicted molar refractivity (Wildman–Crippen MR) is 62.9 cm³/mol. The topological polar surface area (TPSA) is 62.5 Å². The number of hydrogen-bond donors (Lipinski definition) is 2. The molecule has 2 N–H and O–H groups in total. The third-order valence-corrected chi connectivity index (χ3v) is 4.28. The highest BCUT2D eigenvalue weighted by molar-refractivity contribution is 8.00. The number of carboxylic acids is 1. The Morgan fingerprint density at radius 3 is 2.88 bits per heavy atom. The maximum absolute atomic E-state index is 10.6. The van der Waals surface area contributed by atoms with E-state index >= 15 is 0 Å². The lowest BCUT2D eigenvalue weighted by molar-refractivity contribution is 0.0660. The first-order valence-corrected chi connectivity index (χ1v) is 6.46. The molecule has 1 aromatic heterocycles. The van der Waals surface area contributed by atoms with Gasteiger partial charge in [-0.05, 0) is 31.2 Å². The monoisotopic (exact) mass is 241 g/mol. The van der Waals surface area contributed by atoms with E-state index in [4.69, 9.17) is 9.52 Å². The number of carboxylic acid groups (broad SMARTS) is 1. The van der Waals surface area contributed by atoms with Crippen molar-refractivity contribution in [1.82, 2.24) is 5.32 Å². The van der Waals surface area contributed by atoms with Gasteiger partial charge < -0.3 is 14.8 Å². The molecule has 88 valence electrons. The number of rotatable bonds is 6. The Kier molecular flexibility index (Phi) is 3.25. The molecule has 1 heterocycles. The Morgan fingerprint density at radius 1 is 1.62 bits per heavy atom. The van der Waals surface area contributed by atoms with Crippen LogP contribution in [0.15, 0.2) is 16.5 Å². The van der Waals surface area contributed by atoms with Crippen molar-refractivity contribution < 1.29 is 14.3 Å². The van der Waals surface area contributed by atoms with Gasteiger partial charge in [0.1, 0.15) is 5.76 Å². The summed E-state index contributed by atoms with van der Waals surface area (Å²) in [5, 5.41) is 12.0. The third kappa shape index (κ3) is 2.59. The summed E-state index contributed by atoms with van der Waals surface area (Å²) in [4.78, 5) is 10.6. The maximum atomic E-state index is 10.6. The summed E-state index contributed by atoms with van der Waals surface area (Å²) < 4.78 is 5.56. The van der Waals surface area contributed by atoms with Gasteiger partial charge in [-0.3, -0.25) is 0 Å². The SMILES string of the molecule is CSC1(CNCc2ccc(C(=O)O)o2)CC1. The summed E-state index contributed by atoms with van der Waals surface area (Å²) in [5.74, 6) is -0.342. The van der Waals surface area contributed by atoms with Crippen LogP contribution in [0.1, 0.15) is 29.2 Å². The Hall–Kier alpha value is -0.940. The molecule has 0 spiro atoms. The Morgan fingerprint density at radius 2 is 2.38 bits per heavy atom. The van der Waals surface area contributed by atoms with E-state index < -0.39 is 5.97 Å². The van der Waals surface area contributed by atoms with E-state index in [2.05, 4.69) is 11.6 Å². The highest BCUT2D eigenvalue weighted by Gasteiger charge is 2.41. The molecule has 0 radical (unpaired) electrons. The smallest absolute Gasteiger partial charge is 0.371 e. The molecule has 0 atom stereocenters. The first kappa shape index (κ1) is 11.5. The lowest BCUT2D eigenvalue weighted by atomic mass is 10.4. The normalized spacial score (nSPS) is 17.3. The molecule has 1 aliphatic carbocycles. The van der Waals surface area contributed by atoms with Gasteiger partial charge in [0, 0.05) is 11.3 Å². The second-order valence-electron chi connectivity index (χ2n) is 4.06. The predicted octanol–water partition coefficient (Wildman–Crippen LogP) is 1.96. The number of nitrogens with one attached hydrogen (secondary N) is 1. The molecule has 0 unspecified atom stereocenters. The van der Waals surface area contributed by atoms with E-state index in [1.807, 2.05) is 11.8 Å². The third-order valence-electron chi connectivity index (χ3n) is 2.86. The fourth-order valence-electron chi connectivity index (χ4n) is 1.59. The van der Waals surface area contributed by atoms with Gasteiger partial charge in [0.2, 0.25) is 5.76 Å². The van der Waals surface area contributed by atoms with Gasteiger partial charge >= 0.3 is 5.97 Å².